The molecule has 2 aromatic carbocycles. The van der Waals surface area contributed by atoms with Gasteiger partial charge in [0.25, 0.3) is 5.56 Å². The Bertz CT molecular complexity index is 1380. The van der Waals surface area contributed by atoms with Crippen molar-refractivity contribution in [1.29, 1.82) is 0 Å². The molecule has 0 fully saturated rings. The molecular weight excluding hydrogens is 422 g/mol. The average Bonchev–Trinajstić information content (AvgIpc) is 3.05. The van der Waals surface area contributed by atoms with Crippen LogP contribution in [0.15, 0.2) is 52.2 Å². The molecule has 0 spiro atoms. The van der Waals surface area contributed by atoms with Gasteiger partial charge in [0.05, 0.1) is 23.0 Å². The van der Waals surface area contributed by atoms with Crippen LogP contribution in [0.1, 0.15) is 26.3 Å². The van der Waals surface area contributed by atoms with E-state index in [-0.39, 0.29) is 5.41 Å². The summed E-state index contributed by atoms with van der Waals surface area (Å²) in [5.74, 6) is 0.735. The number of thiazole rings is 1. The van der Waals surface area contributed by atoms with Gasteiger partial charge < -0.3 is 4.74 Å². The maximum atomic E-state index is 12.4. The number of hydrogen-bond acceptors (Lipinski definition) is 5. The van der Waals surface area contributed by atoms with Crippen molar-refractivity contribution in [1.82, 2.24) is 14.5 Å². The van der Waals surface area contributed by atoms with Gasteiger partial charge >= 0.3 is 5.69 Å². The van der Waals surface area contributed by atoms with E-state index in [1.54, 1.807) is 7.11 Å². The van der Waals surface area contributed by atoms with E-state index in [1.165, 1.54) is 28.2 Å². The topological polar surface area (TPSA) is 77.0 Å². The van der Waals surface area contributed by atoms with Crippen LogP contribution in [0, 0.1) is 0 Å². The predicted molar refractivity (Wildman–Crippen MR) is 122 cm³/mol. The lowest BCUT2D eigenvalue weighted by atomic mass is 9.83. The highest BCUT2D eigenvalue weighted by atomic mass is 35.5. The van der Waals surface area contributed by atoms with E-state index in [0.717, 1.165) is 32.7 Å². The van der Waals surface area contributed by atoms with Gasteiger partial charge in [-0.1, -0.05) is 38.4 Å². The lowest BCUT2D eigenvalue weighted by Gasteiger charge is -2.25. The summed E-state index contributed by atoms with van der Waals surface area (Å²) in [5, 5.41) is 0. The Morgan fingerprint density at radius 1 is 1.13 bits per heavy atom. The standard InChI is InChI=1S/C22H20ClN3O3S/c1-22(2,3)15-11-13(26-8-7-18(27)25-21(26)28)10-14(19(15)29-4)12-5-6-16-17(9-12)30-20(23)24-16/h5-11H,1-4H3,(H,25,27,28). The van der Waals surface area contributed by atoms with Gasteiger partial charge in [-0.15, -0.1) is 11.3 Å². The Balaban J connectivity index is 2.04. The third-order valence-electron chi connectivity index (χ3n) is 4.86. The molecule has 4 rings (SSSR count). The number of ether oxygens (including phenoxy) is 1. The maximum Gasteiger partial charge on any atom is 0.332 e. The highest BCUT2D eigenvalue weighted by molar-refractivity contribution is 7.22. The average molecular weight is 442 g/mol. The molecule has 0 aliphatic rings. The molecule has 1 N–H and O–H groups in total. The van der Waals surface area contributed by atoms with Gasteiger partial charge in [0.2, 0.25) is 0 Å². The number of benzene rings is 2. The van der Waals surface area contributed by atoms with Crippen LogP contribution in [0.25, 0.3) is 27.0 Å². The Kier molecular flexibility index (Phi) is 5.03. The van der Waals surface area contributed by atoms with Crippen molar-refractivity contribution < 1.29 is 4.74 Å². The predicted octanol–water partition coefficient (Wildman–Crippen LogP) is 4.76. The number of nitrogens with zero attached hydrogens (tertiary/aromatic N) is 2. The largest absolute Gasteiger partial charge is 0.496 e. The normalized spacial score (nSPS) is 11.8. The lowest BCUT2D eigenvalue weighted by Crippen LogP contribution is -2.27. The second-order valence-corrected chi connectivity index (χ2v) is 9.57. The monoisotopic (exact) mass is 441 g/mol. The molecule has 2 aromatic heterocycles. The van der Waals surface area contributed by atoms with Gasteiger partial charge in [0, 0.05) is 23.4 Å². The molecule has 2 heterocycles. The zero-order valence-corrected chi connectivity index (χ0v) is 18.5. The van der Waals surface area contributed by atoms with Gasteiger partial charge in [-0.3, -0.25) is 14.3 Å². The molecule has 0 radical (unpaired) electrons. The maximum absolute atomic E-state index is 12.4. The summed E-state index contributed by atoms with van der Waals surface area (Å²) < 4.78 is 8.70. The van der Waals surface area contributed by atoms with Crippen LogP contribution in [-0.2, 0) is 5.41 Å². The van der Waals surface area contributed by atoms with Crippen molar-refractivity contribution in [3.63, 3.8) is 0 Å². The second kappa shape index (κ2) is 7.41. The Hall–Kier alpha value is -2.90. The number of fused-ring (bicyclic) bond motifs is 1. The first-order valence-electron chi connectivity index (χ1n) is 9.29. The summed E-state index contributed by atoms with van der Waals surface area (Å²) in [5.41, 5.74) is 2.99. The second-order valence-electron chi connectivity index (χ2n) is 7.95. The van der Waals surface area contributed by atoms with E-state index in [2.05, 4.69) is 30.7 Å². The molecule has 8 heteroatoms. The van der Waals surface area contributed by atoms with Crippen molar-refractivity contribution in [2.45, 2.75) is 26.2 Å². The van der Waals surface area contributed by atoms with E-state index < -0.39 is 11.2 Å². The minimum Gasteiger partial charge on any atom is -0.496 e. The van der Waals surface area contributed by atoms with Gasteiger partial charge in [-0.25, -0.2) is 9.78 Å². The van der Waals surface area contributed by atoms with Crippen LogP contribution >= 0.6 is 22.9 Å². The first-order chi connectivity index (χ1) is 14.2. The third kappa shape index (κ3) is 3.66. The van der Waals surface area contributed by atoms with Crippen LogP contribution in [0.2, 0.25) is 4.47 Å². The van der Waals surface area contributed by atoms with E-state index in [1.807, 2.05) is 30.3 Å². The van der Waals surface area contributed by atoms with E-state index >= 15 is 0 Å². The summed E-state index contributed by atoms with van der Waals surface area (Å²) in [4.78, 5) is 30.6. The fourth-order valence-corrected chi connectivity index (χ4v) is 4.50. The smallest absolute Gasteiger partial charge is 0.332 e. The molecule has 0 bridgehead atoms. The molecule has 4 aromatic rings. The van der Waals surface area contributed by atoms with E-state index in [0.29, 0.717) is 10.2 Å². The van der Waals surface area contributed by atoms with Gasteiger partial charge in [-0.2, -0.15) is 0 Å². The fourth-order valence-electron chi connectivity index (χ4n) is 3.43. The van der Waals surface area contributed by atoms with Crippen molar-refractivity contribution in [3.05, 3.63) is 73.5 Å². The Morgan fingerprint density at radius 3 is 2.57 bits per heavy atom. The van der Waals surface area contributed by atoms with Crippen molar-refractivity contribution in [3.8, 4) is 22.6 Å². The minimum atomic E-state index is -0.497. The molecule has 0 unspecified atom stereocenters. The van der Waals surface area contributed by atoms with Crippen molar-refractivity contribution >= 4 is 33.2 Å². The van der Waals surface area contributed by atoms with Gasteiger partial charge in [0.15, 0.2) is 4.47 Å². The zero-order valence-electron chi connectivity index (χ0n) is 16.9. The number of aromatic amines is 1. The number of nitrogens with one attached hydrogen (secondary N) is 1. The molecule has 6 nitrogen and oxygen atoms in total. The van der Waals surface area contributed by atoms with Gasteiger partial charge in [-0.05, 0) is 35.2 Å². The first kappa shape index (κ1) is 20.4. The Labute approximate surface area is 181 Å². The number of hydrogen-bond donors (Lipinski definition) is 1. The SMILES string of the molecule is COc1c(-c2ccc3nc(Cl)sc3c2)cc(-n2ccc(=O)[nH]c2=O)cc1C(C)(C)C. The summed E-state index contributed by atoms with van der Waals surface area (Å²) in [6.07, 6.45) is 1.48. The molecule has 0 saturated heterocycles. The quantitative estimate of drug-likeness (QED) is 0.497. The van der Waals surface area contributed by atoms with E-state index in [4.69, 9.17) is 16.3 Å². The number of halogens is 1. The van der Waals surface area contributed by atoms with Crippen LogP contribution in [0.3, 0.4) is 0 Å². The van der Waals surface area contributed by atoms with E-state index in [9.17, 15) is 9.59 Å². The minimum absolute atomic E-state index is 0.250. The molecule has 30 heavy (non-hydrogen) atoms. The highest BCUT2D eigenvalue weighted by Gasteiger charge is 2.24. The molecule has 0 saturated carbocycles. The number of rotatable bonds is 3. The summed E-state index contributed by atoms with van der Waals surface area (Å²) in [6, 6.07) is 11.0. The van der Waals surface area contributed by atoms with Crippen LogP contribution < -0.4 is 16.0 Å². The zero-order chi connectivity index (χ0) is 21.6. The molecule has 0 amide bonds. The van der Waals surface area contributed by atoms with Crippen LogP contribution in [0.5, 0.6) is 5.75 Å². The van der Waals surface area contributed by atoms with Crippen LogP contribution in [0.4, 0.5) is 0 Å². The molecule has 0 aliphatic carbocycles. The van der Waals surface area contributed by atoms with Crippen molar-refractivity contribution in [2.75, 3.05) is 7.11 Å². The fraction of sp³-hybridized carbons (Fsp3) is 0.227. The summed E-state index contributed by atoms with van der Waals surface area (Å²) in [6.45, 7) is 6.25. The van der Waals surface area contributed by atoms with Crippen LogP contribution in [-0.4, -0.2) is 21.6 Å². The summed E-state index contributed by atoms with van der Waals surface area (Å²) in [7, 11) is 1.64. The molecule has 0 aliphatic heterocycles. The number of aromatic nitrogens is 3. The Morgan fingerprint density at radius 2 is 1.90 bits per heavy atom. The lowest BCUT2D eigenvalue weighted by molar-refractivity contribution is 0.399. The molecule has 154 valence electrons. The van der Waals surface area contributed by atoms with Crippen molar-refractivity contribution in [2.24, 2.45) is 0 Å². The highest BCUT2D eigenvalue weighted by Crippen LogP contribution is 2.42. The summed E-state index contributed by atoms with van der Waals surface area (Å²) >= 11 is 7.48. The molecular formula is C22H20ClN3O3S. The number of methoxy groups -OCH3 is 1. The third-order valence-corrected chi connectivity index (χ3v) is 5.98. The number of H-pyrrole nitrogens is 1. The first-order valence-corrected chi connectivity index (χ1v) is 10.5. The molecule has 0 atom stereocenters. The van der Waals surface area contributed by atoms with Gasteiger partial charge in [0.1, 0.15) is 5.75 Å².